The highest BCUT2D eigenvalue weighted by Gasteiger charge is 2.29. The molecule has 0 radical (unpaired) electrons. The molecular weight excluding hydrogens is 384 g/mol. The summed E-state index contributed by atoms with van der Waals surface area (Å²) in [6.45, 7) is 4.14. The molecule has 0 aliphatic carbocycles. The smallest absolute Gasteiger partial charge is 0.310 e. The van der Waals surface area contributed by atoms with Crippen molar-refractivity contribution >= 4 is 28.8 Å². The number of hydrogen-bond acceptors (Lipinski definition) is 6. The van der Waals surface area contributed by atoms with E-state index in [2.05, 4.69) is 10.6 Å². The Hall–Kier alpha value is -3.48. The highest BCUT2D eigenvalue weighted by Crippen LogP contribution is 2.42. The van der Waals surface area contributed by atoms with Crippen molar-refractivity contribution in [2.45, 2.75) is 26.7 Å². The van der Waals surface area contributed by atoms with Crippen LogP contribution >= 0.6 is 0 Å². The van der Waals surface area contributed by atoms with Crippen molar-refractivity contribution in [2.24, 2.45) is 0 Å². The van der Waals surface area contributed by atoms with Gasteiger partial charge in [0.1, 0.15) is 0 Å². The lowest BCUT2D eigenvalue weighted by atomic mass is 10.0. The Morgan fingerprint density at radius 3 is 2.30 bits per heavy atom. The van der Waals surface area contributed by atoms with Crippen LogP contribution in [-0.2, 0) is 20.7 Å². The first-order chi connectivity index (χ1) is 14.5. The van der Waals surface area contributed by atoms with Gasteiger partial charge in [0, 0.05) is 23.0 Å². The molecule has 0 atom stereocenters. The lowest BCUT2D eigenvalue weighted by Crippen LogP contribution is -2.10. The second-order valence-electron chi connectivity index (χ2n) is 6.72. The molecule has 30 heavy (non-hydrogen) atoms. The van der Waals surface area contributed by atoms with Gasteiger partial charge in [-0.15, -0.1) is 0 Å². The quantitative estimate of drug-likeness (QED) is 0.505. The van der Waals surface area contributed by atoms with Crippen LogP contribution in [0.1, 0.15) is 31.4 Å². The molecule has 0 saturated carbocycles. The minimum Gasteiger partial charge on any atom is -0.493 e. The number of nitrogens with one attached hydrogen (secondary N) is 2. The van der Waals surface area contributed by atoms with E-state index in [9.17, 15) is 9.59 Å². The standard InChI is InChI=1S/C23H26N2O5/c1-5-17(24-15-9-7-14(8-10-15)11-21(26)30-6-2)22-16-12-19(28-3)20(29-4)13-18(16)25-23(22)27/h7-10,12-13,24H,5-6,11H2,1-4H3,(H,25,27). The van der Waals surface area contributed by atoms with E-state index in [-0.39, 0.29) is 18.3 Å². The SMILES string of the molecule is CCOC(=O)Cc1ccc(NC(CC)=C2C(=O)Nc3cc(OC)c(OC)cc32)cc1. The molecule has 0 fully saturated rings. The zero-order valence-corrected chi connectivity index (χ0v) is 17.6. The van der Waals surface area contributed by atoms with Gasteiger partial charge >= 0.3 is 5.97 Å². The van der Waals surface area contributed by atoms with Gasteiger partial charge in [0.25, 0.3) is 5.91 Å². The number of hydrogen-bond donors (Lipinski definition) is 2. The fourth-order valence-electron chi connectivity index (χ4n) is 3.38. The summed E-state index contributed by atoms with van der Waals surface area (Å²) in [6.07, 6.45) is 0.856. The van der Waals surface area contributed by atoms with Crippen LogP contribution in [0.2, 0.25) is 0 Å². The van der Waals surface area contributed by atoms with Gasteiger partial charge in [0.15, 0.2) is 11.5 Å². The summed E-state index contributed by atoms with van der Waals surface area (Å²) in [5.41, 5.74) is 4.51. The molecule has 0 unspecified atom stereocenters. The maximum Gasteiger partial charge on any atom is 0.310 e. The summed E-state index contributed by atoms with van der Waals surface area (Å²) in [5, 5.41) is 6.24. The molecule has 2 aromatic rings. The maximum absolute atomic E-state index is 12.7. The van der Waals surface area contributed by atoms with E-state index in [1.807, 2.05) is 31.2 Å². The van der Waals surface area contributed by atoms with Crippen LogP contribution < -0.4 is 20.1 Å². The van der Waals surface area contributed by atoms with Crippen LogP contribution in [0.15, 0.2) is 42.1 Å². The Bertz CT molecular complexity index is 980. The van der Waals surface area contributed by atoms with Gasteiger partial charge in [-0.2, -0.15) is 0 Å². The molecule has 7 nitrogen and oxygen atoms in total. The minimum atomic E-state index is -0.252. The van der Waals surface area contributed by atoms with E-state index < -0.39 is 0 Å². The largest absolute Gasteiger partial charge is 0.493 e. The number of anilines is 2. The van der Waals surface area contributed by atoms with Crippen molar-refractivity contribution < 1.29 is 23.8 Å². The van der Waals surface area contributed by atoms with Crippen molar-refractivity contribution in [1.29, 1.82) is 0 Å². The first kappa shape index (κ1) is 21.2. The molecule has 0 aromatic heterocycles. The number of carbonyl (C=O) groups is 2. The van der Waals surface area contributed by atoms with E-state index in [1.54, 1.807) is 33.3 Å². The van der Waals surface area contributed by atoms with Gasteiger partial charge in [0.05, 0.1) is 38.5 Å². The number of rotatable bonds is 8. The first-order valence-electron chi connectivity index (χ1n) is 9.83. The Kier molecular flexibility index (Phi) is 6.61. The van der Waals surface area contributed by atoms with Gasteiger partial charge in [0.2, 0.25) is 0 Å². The van der Waals surface area contributed by atoms with Gasteiger partial charge in [-0.1, -0.05) is 19.1 Å². The lowest BCUT2D eigenvalue weighted by molar-refractivity contribution is -0.142. The number of amides is 1. The molecule has 0 bridgehead atoms. The Morgan fingerprint density at radius 1 is 1.03 bits per heavy atom. The van der Waals surface area contributed by atoms with Crippen molar-refractivity contribution in [3.05, 3.63) is 53.2 Å². The summed E-state index contributed by atoms with van der Waals surface area (Å²) in [5.74, 6) is 0.687. The molecular formula is C23H26N2O5. The maximum atomic E-state index is 12.7. The van der Waals surface area contributed by atoms with Gasteiger partial charge in [-0.3, -0.25) is 9.59 Å². The summed E-state index contributed by atoms with van der Waals surface area (Å²) in [4.78, 5) is 24.4. The van der Waals surface area contributed by atoms with Crippen LogP contribution in [0.5, 0.6) is 11.5 Å². The second-order valence-corrected chi connectivity index (χ2v) is 6.72. The van der Waals surface area contributed by atoms with Crippen molar-refractivity contribution in [3.63, 3.8) is 0 Å². The fraction of sp³-hybridized carbons (Fsp3) is 0.304. The van der Waals surface area contributed by atoms with Gasteiger partial charge in [-0.05, 0) is 37.1 Å². The van der Waals surface area contributed by atoms with Gasteiger partial charge in [-0.25, -0.2) is 0 Å². The molecule has 1 heterocycles. The van der Waals surface area contributed by atoms with Crippen LogP contribution in [0.25, 0.3) is 5.57 Å². The first-order valence-corrected chi connectivity index (χ1v) is 9.83. The molecule has 2 aromatic carbocycles. The summed E-state index contributed by atoms with van der Waals surface area (Å²) < 4.78 is 15.7. The van der Waals surface area contributed by atoms with Crippen LogP contribution in [0.3, 0.4) is 0 Å². The zero-order valence-electron chi connectivity index (χ0n) is 17.6. The molecule has 1 aliphatic rings. The molecule has 1 aliphatic heterocycles. The lowest BCUT2D eigenvalue weighted by Gasteiger charge is -2.14. The Labute approximate surface area is 176 Å². The summed E-state index contributed by atoms with van der Waals surface area (Å²) in [6, 6.07) is 11.1. The topological polar surface area (TPSA) is 85.9 Å². The number of fused-ring (bicyclic) bond motifs is 1. The highest BCUT2D eigenvalue weighted by atomic mass is 16.5. The normalized spacial score (nSPS) is 13.9. The van der Waals surface area contributed by atoms with Crippen LogP contribution in [0, 0.1) is 0 Å². The number of esters is 1. The van der Waals surface area contributed by atoms with E-state index in [0.29, 0.717) is 35.8 Å². The fourth-order valence-corrected chi connectivity index (χ4v) is 3.38. The highest BCUT2D eigenvalue weighted by molar-refractivity contribution is 6.32. The van der Waals surface area contributed by atoms with Gasteiger partial charge < -0.3 is 24.8 Å². The molecule has 0 spiro atoms. The van der Waals surface area contributed by atoms with Crippen molar-refractivity contribution in [2.75, 3.05) is 31.5 Å². The van der Waals surface area contributed by atoms with Crippen LogP contribution in [0.4, 0.5) is 11.4 Å². The average Bonchev–Trinajstić information content (AvgIpc) is 3.06. The molecule has 1 amide bonds. The third kappa shape index (κ3) is 4.40. The number of methoxy groups -OCH3 is 2. The predicted molar refractivity (Wildman–Crippen MR) is 116 cm³/mol. The van der Waals surface area contributed by atoms with E-state index in [0.717, 1.165) is 22.5 Å². The third-order valence-corrected chi connectivity index (χ3v) is 4.83. The molecule has 2 N–H and O–H groups in total. The molecule has 3 rings (SSSR count). The summed E-state index contributed by atoms with van der Waals surface area (Å²) >= 11 is 0. The van der Waals surface area contributed by atoms with E-state index in [4.69, 9.17) is 14.2 Å². The van der Waals surface area contributed by atoms with Crippen molar-refractivity contribution in [3.8, 4) is 11.5 Å². The van der Waals surface area contributed by atoms with Crippen molar-refractivity contribution in [1.82, 2.24) is 0 Å². The van der Waals surface area contributed by atoms with E-state index >= 15 is 0 Å². The Balaban J connectivity index is 1.89. The monoisotopic (exact) mass is 410 g/mol. The van der Waals surface area contributed by atoms with Crippen LogP contribution in [-0.4, -0.2) is 32.7 Å². The molecule has 7 heteroatoms. The third-order valence-electron chi connectivity index (χ3n) is 4.83. The zero-order chi connectivity index (χ0) is 21.7. The number of allylic oxidation sites excluding steroid dienone is 1. The molecule has 158 valence electrons. The number of benzene rings is 2. The minimum absolute atomic E-state index is 0.177. The predicted octanol–water partition coefficient (Wildman–Crippen LogP) is 3.99. The number of ether oxygens (including phenoxy) is 3. The summed E-state index contributed by atoms with van der Waals surface area (Å²) in [7, 11) is 3.12. The Morgan fingerprint density at radius 2 is 1.70 bits per heavy atom. The average molecular weight is 410 g/mol. The van der Waals surface area contributed by atoms with E-state index in [1.165, 1.54) is 0 Å². The number of carbonyl (C=O) groups excluding carboxylic acids is 2. The molecule has 0 saturated heterocycles. The second kappa shape index (κ2) is 9.35.